The van der Waals surface area contributed by atoms with Gasteiger partial charge in [-0.3, -0.25) is 9.59 Å². The minimum Gasteiger partial charge on any atom is -0.481 e. The average Bonchev–Trinajstić information content (AvgIpc) is 2.14. The lowest BCUT2D eigenvalue weighted by Gasteiger charge is -2.12. The van der Waals surface area contributed by atoms with E-state index in [4.69, 9.17) is 10.2 Å². The van der Waals surface area contributed by atoms with Gasteiger partial charge in [0.2, 0.25) is 0 Å². The highest BCUT2D eigenvalue weighted by Crippen LogP contribution is 2.19. The molecule has 0 aliphatic heterocycles. The monoisotopic (exact) mass is 216 g/mol. The average molecular weight is 216 g/mol. The summed E-state index contributed by atoms with van der Waals surface area (Å²) in [6.07, 6.45) is 4.61. The van der Waals surface area contributed by atoms with Crippen LogP contribution in [0.1, 0.15) is 51.9 Å². The van der Waals surface area contributed by atoms with Gasteiger partial charge in [-0.25, -0.2) is 0 Å². The molecular formula is C11H20O4. The molecule has 0 saturated heterocycles. The van der Waals surface area contributed by atoms with Crippen LogP contribution in [0.5, 0.6) is 0 Å². The number of rotatable bonds is 9. The van der Waals surface area contributed by atoms with Gasteiger partial charge in [0.1, 0.15) is 0 Å². The predicted molar refractivity (Wildman–Crippen MR) is 56.8 cm³/mol. The molecule has 0 aromatic carbocycles. The summed E-state index contributed by atoms with van der Waals surface area (Å²) in [4.78, 5) is 20.6. The topological polar surface area (TPSA) is 74.6 Å². The molecule has 4 nitrogen and oxygen atoms in total. The van der Waals surface area contributed by atoms with Gasteiger partial charge in [-0.2, -0.15) is 0 Å². The zero-order chi connectivity index (χ0) is 11.7. The maximum Gasteiger partial charge on any atom is 0.303 e. The van der Waals surface area contributed by atoms with Crippen LogP contribution in [0.25, 0.3) is 0 Å². The highest BCUT2D eigenvalue weighted by atomic mass is 16.4. The lowest BCUT2D eigenvalue weighted by atomic mass is 9.93. The second-order valence-electron chi connectivity index (χ2n) is 3.85. The van der Waals surface area contributed by atoms with E-state index in [0.717, 1.165) is 19.3 Å². The normalized spacial score (nSPS) is 10.5. The van der Waals surface area contributed by atoms with Crippen molar-refractivity contribution in [2.75, 3.05) is 0 Å². The van der Waals surface area contributed by atoms with E-state index < -0.39 is 11.9 Å². The summed E-state index contributed by atoms with van der Waals surface area (Å²) >= 11 is 0. The lowest BCUT2D eigenvalue weighted by Crippen LogP contribution is -2.03. The molecule has 0 amide bonds. The van der Waals surface area contributed by atoms with E-state index in [1.54, 1.807) is 0 Å². The van der Waals surface area contributed by atoms with E-state index in [0.29, 0.717) is 18.8 Å². The molecule has 0 aliphatic rings. The quantitative estimate of drug-likeness (QED) is 0.621. The fraction of sp³-hybridized carbons (Fsp3) is 0.818. The van der Waals surface area contributed by atoms with Crippen molar-refractivity contribution in [3.8, 4) is 0 Å². The number of carboxylic acid groups (broad SMARTS) is 2. The van der Waals surface area contributed by atoms with Crippen molar-refractivity contribution < 1.29 is 19.8 Å². The molecule has 0 saturated carbocycles. The minimum atomic E-state index is -0.754. The van der Waals surface area contributed by atoms with E-state index in [1.807, 2.05) is 0 Å². The van der Waals surface area contributed by atoms with Gasteiger partial charge in [-0.05, 0) is 31.6 Å². The zero-order valence-electron chi connectivity index (χ0n) is 9.24. The number of carboxylic acids is 2. The summed E-state index contributed by atoms with van der Waals surface area (Å²) in [5, 5.41) is 16.9. The number of hydrogen-bond donors (Lipinski definition) is 2. The predicted octanol–water partition coefficient (Wildman–Crippen LogP) is 2.52. The van der Waals surface area contributed by atoms with E-state index in [-0.39, 0.29) is 12.8 Å². The summed E-state index contributed by atoms with van der Waals surface area (Å²) in [6, 6.07) is 0. The maximum absolute atomic E-state index is 10.3. The Balaban J connectivity index is 3.54. The summed E-state index contributed by atoms with van der Waals surface area (Å²) in [5.74, 6) is -1.03. The van der Waals surface area contributed by atoms with Crippen molar-refractivity contribution in [2.45, 2.75) is 51.9 Å². The summed E-state index contributed by atoms with van der Waals surface area (Å²) in [6.45, 7) is 2.06. The summed E-state index contributed by atoms with van der Waals surface area (Å²) in [7, 11) is 0. The fourth-order valence-corrected chi connectivity index (χ4v) is 1.64. The van der Waals surface area contributed by atoms with Crippen molar-refractivity contribution in [2.24, 2.45) is 5.92 Å². The van der Waals surface area contributed by atoms with Crippen LogP contribution in [-0.4, -0.2) is 22.2 Å². The molecular weight excluding hydrogens is 196 g/mol. The van der Waals surface area contributed by atoms with Gasteiger partial charge in [0.05, 0.1) is 0 Å². The highest BCUT2D eigenvalue weighted by Gasteiger charge is 2.08. The fourth-order valence-electron chi connectivity index (χ4n) is 1.64. The first-order valence-corrected chi connectivity index (χ1v) is 5.49. The lowest BCUT2D eigenvalue weighted by molar-refractivity contribution is -0.138. The Morgan fingerprint density at radius 1 is 1.00 bits per heavy atom. The SMILES string of the molecule is CCC(CCCC(=O)O)CCCC(=O)O. The summed E-state index contributed by atoms with van der Waals surface area (Å²) < 4.78 is 0. The molecule has 0 fully saturated rings. The third-order valence-corrected chi connectivity index (χ3v) is 2.58. The molecule has 0 spiro atoms. The van der Waals surface area contributed by atoms with Gasteiger partial charge in [-0.15, -0.1) is 0 Å². The first-order valence-electron chi connectivity index (χ1n) is 5.49. The van der Waals surface area contributed by atoms with Crippen molar-refractivity contribution in [3.63, 3.8) is 0 Å². The minimum absolute atomic E-state index is 0.218. The van der Waals surface area contributed by atoms with Crippen LogP contribution in [0.3, 0.4) is 0 Å². The van der Waals surface area contributed by atoms with Crippen molar-refractivity contribution in [1.82, 2.24) is 0 Å². The molecule has 0 rings (SSSR count). The van der Waals surface area contributed by atoms with Gasteiger partial charge in [0, 0.05) is 12.8 Å². The molecule has 0 unspecified atom stereocenters. The number of hydrogen-bond acceptors (Lipinski definition) is 2. The first-order chi connectivity index (χ1) is 7.06. The van der Waals surface area contributed by atoms with Crippen molar-refractivity contribution >= 4 is 11.9 Å². The van der Waals surface area contributed by atoms with Crippen molar-refractivity contribution in [1.29, 1.82) is 0 Å². The third-order valence-electron chi connectivity index (χ3n) is 2.58. The Morgan fingerprint density at radius 3 is 1.67 bits per heavy atom. The molecule has 2 N–H and O–H groups in total. The van der Waals surface area contributed by atoms with Gasteiger partial charge in [0.25, 0.3) is 0 Å². The summed E-state index contributed by atoms with van der Waals surface area (Å²) in [5.41, 5.74) is 0. The molecule has 0 aromatic rings. The molecule has 0 aromatic heterocycles. The van der Waals surface area contributed by atoms with E-state index in [9.17, 15) is 9.59 Å². The molecule has 15 heavy (non-hydrogen) atoms. The van der Waals surface area contributed by atoms with Crippen LogP contribution in [0, 0.1) is 5.92 Å². The smallest absolute Gasteiger partial charge is 0.303 e. The van der Waals surface area contributed by atoms with Crippen LogP contribution in [0.2, 0.25) is 0 Å². The Kier molecular flexibility index (Phi) is 7.68. The van der Waals surface area contributed by atoms with Crippen molar-refractivity contribution in [3.05, 3.63) is 0 Å². The van der Waals surface area contributed by atoms with Gasteiger partial charge in [0.15, 0.2) is 0 Å². The van der Waals surface area contributed by atoms with E-state index >= 15 is 0 Å². The third kappa shape index (κ3) is 9.25. The molecule has 0 atom stereocenters. The molecule has 0 aliphatic carbocycles. The Labute approximate surface area is 90.3 Å². The van der Waals surface area contributed by atoms with E-state index in [2.05, 4.69) is 6.92 Å². The standard InChI is InChI=1S/C11H20O4/c1-2-9(5-3-7-10(12)13)6-4-8-11(14)15/h9H,2-8H2,1H3,(H,12,13)(H,14,15). The van der Waals surface area contributed by atoms with Gasteiger partial charge < -0.3 is 10.2 Å². The Morgan fingerprint density at radius 2 is 1.40 bits per heavy atom. The second-order valence-corrected chi connectivity index (χ2v) is 3.85. The van der Waals surface area contributed by atoms with Gasteiger partial charge in [-0.1, -0.05) is 13.3 Å². The molecule has 0 bridgehead atoms. The zero-order valence-corrected chi connectivity index (χ0v) is 9.24. The number of carbonyl (C=O) groups is 2. The van der Waals surface area contributed by atoms with E-state index in [1.165, 1.54) is 0 Å². The molecule has 0 heterocycles. The van der Waals surface area contributed by atoms with Gasteiger partial charge >= 0.3 is 11.9 Å². The van der Waals surface area contributed by atoms with Crippen LogP contribution < -0.4 is 0 Å². The highest BCUT2D eigenvalue weighted by molar-refractivity contribution is 5.66. The van der Waals surface area contributed by atoms with Crippen LogP contribution in [0.4, 0.5) is 0 Å². The van der Waals surface area contributed by atoms with Crippen LogP contribution in [-0.2, 0) is 9.59 Å². The molecule has 0 radical (unpaired) electrons. The molecule has 4 heteroatoms. The maximum atomic E-state index is 10.3. The molecule has 88 valence electrons. The van der Waals surface area contributed by atoms with Crippen LogP contribution >= 0.6 is 0 Å². The largest absolute Gasteiger partial charge is 0.481 e. The Bertz CT molecular complexity index is 181. The number of aliphatic carboxylic acids is 2. The first kappa shape index (κ1) is 13.9. The second kappa shape index (κ2) is 8.26. The Hall–Kier alpha value is -1.06. The van der Waals surface area contributed by atoms with Crippen LogP contribution in [0.15, 0.2) is 0 Å².